The standard InChI is InChI=1S/C22H19F3O/c1-3-4-14-5-7-15(8-6-14)20(23)22(25)19-11-9-16-13-17(26-2)10-12-18(16)21(19)24/h5-13H,3-4H2,1-2H3. The lowest BCUT2D eigenvalue weighted by molar-refractivity contribution is 0.415. The lowest BCUT2D eigenvalue weighted by atomic mass is 10.0. The summed E-state index contributed by atoms with van der Waals surface area (Å²) in [6.45, 7) is 2.05. The summed E-state index contributed by atoms with van der Waals surface area (Å²) < 4.78 is 49.0. The molecule has 0 aliphatic heterocycles. The van der Waals surface area contributed by atoms with Crippen LogP contribution in [0.3, 0.4) is 0 Å². The first kappa shape index (κ1) is 18.1. The second kappa shape index (κ2) is 7.65. The van der Waals surface area contributed by atoms with Crippen molar-refractivity contribution < 1.29 is 17.9 Å². The van der Waals surface area contributed by atoms with Crippen LogP contribution in [0.5, 0.6) is 5.75 Å². The Hall–Kier alpha value is -2.75. The highest BCUT2D eigenvalue weighted by Crippen LogP contribution is 2.34. The monoisotopic (exact) mass is 356 g/mol. The molecule has 0 N–H and O–H groups in total. The molecule has 3 rings (SSSR count). The molecule has 0 fully saturated rings. The number of hydrogen-bond acceptors (Lipinski definition) is 1. The van der Waals surface area contributed by atoms with E-state index >= 15 is 0 Å². The maximum absolute atomic E-state index is 14.7. The maximum Gasteiger partial charge on any atom is 0.169 e. The number of ether oxygens (including phenoxy) is 1. The highest BCUT2D eigenvalue weighted by molar-refractivity contribution is 5.91. The summed E-state index contributed by atoms with van der Waals surface area (Å²) >= 11 is 0. The Morgan fingerprint density at radius 1 is 0.923 bits per heavy atom. The third-order valence-electron chi connectivity index (χ3n) is 4.34. The minimum Gasteiger partial charge on any atom is -0.497 e. The summed E-state index contributed by atoms with van der Waals surface area (Å²) in [4.78, 5) is 0. The molecule has 134 valence electrons. The van der Waals surface area contributed by atoms with Gasteiger partial charge in [0.2, 0.25) is 0 Å². The highest BCUT2D eigenvalue weighted by Gasteiger charge is 2.17. The minimum atomic E-state index is -1.21. The summed E-state index contributed by atoms with van der Waals surface area (Å²) in [6, 6.07) is 14.1. The molecule has 0 aliphatic carbocycles. The van der Waals surface area contributed by atoms with Crippen molar-refractivity contribution in [3.8, 4) is 5.75 Å². The van der Waals surface area contributed by atoms with Gasteiger partial charge in [0.05, 0.1) is 7.11 Å². The van der Waals surface area contributed by atoms with Crippen molar-refractivity contribution >= 4 is 22.4 Å². The molecule has 0 bridgehead atoms. The van der Waals surface area contributed by atoms with Gasteiger partial charge in [0.15, 0.2) is 11.7 Å². The van der Waals surface area contributed by atoms with Crippen LogP contribution in [-0.4, -0.2) is 7.11 Å². The Morgan fingerprint density at radius 3 is 2.31 bits per heavy atom. The Bertz CT molecular complexity index is 959. The molecule has 3 aromatic carbocycles. The van der Waals surface area contributed by atoms with Crippen molar-refractivity contribution in [2.24, 2.45) is 0 Å². The van der Waals surface area contributed by atoms with E-state index in [0.717, 1.165) is 18.4 Å². The third-order valence-corrected chi connectivity index (χ3v) is 4.34. The summed E-state index contributed by atoms with van der Waals surface area (Å²) in [5.74, 6) is -2.50. The highest BCUT2D eigenvalue weighted by atomic mass is 19.2. The van der Waals surface area contributed by atoms with Gasteiger partial charge in [0.25, 0.3) is 0 Å². The first-order valence-electron chi connectivity index (χ1n) is 8.46. The fraction of sp³-hybridized carbons (Fsp3) is 0.182. The SMILES string of the molecule is CCCc1ccc(C(F)=C(F)c2ccc3cc(OC)ccc3c2F)cc1. The predicted molar refractivity (Wildman–Crippen MR) is 99.9 cm³/mol. The third kappa shape index (κ3) is 3.45. The molecule has 0 radical (unpaired) electrons. The van der Waals surface area contributed by atoms with E-state index < -0.39 is 23.0 Å². The first-order valence-corrected chi connectivity index (χ1v) is 8.46. The molecule has 0 saturated heterocycles. The van der Waals surface area contributed by atoms with Crippen LogP contribution in [0, 0.1) is 5.82 Å². The number of aryl methyl sites for hydroxylation is 1. The van der Waals surface area contributed by atoms with Gasteiger partial charge in [-0.3, -0.25) is 0 Å². The molecule has 0 heterocycles. The number of methoxy groups -OCH3 is 1. The van der Waals surface area contributed by atoms with Crippen molar-refractivity contribution in [1.82, 2.24) is 0 Å². The Morgan fingerprint density at radius 2 is 1.65 bits per heavy atom. The van der Waals surface area contributed by atoms with Crippen LogP contribution < -0.4 is 4.74 Å². The van der Waals surface area contributed by atoms with Crippen LogP contribution in [0.4, 0.5) is 13.2 Å². The van der Waals surface area contributed by atoms with E-state index in [-0.39, 0.29) is 10.9 Å². The van der Waals surface area contributed by atoms with Crippen molar-refractivity contribution in [2.45, 2.75) is 19.8 Å². The largest absolute Gasteiger partial charge is 0.497 e. The molecule has 0 unspecified atom stereocenters. The smallest absolute Gasteiger partial charge is 0.169 e. The molecule has 1 nitrogen and oxygen atoms in total. The lowest BCUT2D eigenvalue weighted by Gasteiger charge is -2.08. The molecular weight excluding hydrogens is 337 g/mol. The average Bonchev–Trinajstić information content (AvgIpc) is 2.67. The number of rotatable bonds is 5. The van der Waals surface area contributed by atoms with Crippen molar-refractivity contribution in [3.05, 3.63) is 77.1 Å². The van der Waals surface area contributed by atoms with Gasteiger partial charge >= 0.3 is 0 Å². The average molecular weight is 356 g/mol. The summed E-state index contributed by atoms with van der Waals surface area (Å²) in [7, 11) is 1.51. The quantitative estimate of drug-likeness (QED) is 0.462. The zero-order valence-electron chi connectivity index (χ0n) is 14.7. The van der Waals surface area contributed by atoms with Gasteiger partial charge in [-0.05, 0) is 41.6 Å². The molecule has 0 saturated carbocycles. The molecule has 4 heteroatoms. The number of hydrogen-bond donors (Lipinski definition) is 0. The topological polar surface area (TPSA) is 9.23 Å². The van der Waals surface area contributed by atoms with Crippen molar-refractivity contribution in [2.75, 3.05) is 7.11 Å². The van der Waals surface area contributed by atoms with Crippen LogP contribution in [0.1, 0.15) is 30.0 Å². The van der Waals surface area contributed by atoms with Crippen molar-refractivity contribution in [1.29, 1.82) is 0 Å². The van der Waals surface area contributed by atoms with Gasteiger partial charge < -0.3 is 4.74 Å². The van der Waals surface area contributed by atoms with Crippen molar-refractivity contribution in [3.63, 3.8) is 0 Å². The van der Waals surface area contributed by atoms with E-state index in [1.807, 2.05) is 6.92 Å². The van der Waals surface area contributed by atoms with Gasteiger partial charge in [-0.2, -0.15) is 0 Å². The molecule has 3 aromatic rings. The normalized spacial score (nSPS) is 12.2. The second-order valence-corrected chi connectivity index (χ2v) is 6.09. The van der Waals surface area contributed by atoms with E-state index in [2.05, 4.69) is 0 Å². The van der Waals surface area contributed by atoms with Crippen LogP contribution in [0.15, 0.2) is 54.6 Å². The van der Waals surface area contributed by atoms with Gasteiger partial charge in [-0.15, -0.1) is 0 Å². The molecular formula is C22H19F3O. The number of halogens is 3. The van der Waals surface area contributed by atoms with Gasteiger partial charge in [0, 0.05) is 16.5 Å². The minimum absolute atomic E-state index is 0.0941. The zero-order valence-corrected chi connectivity index (χ0v) is 14.7. The van der Waals surface area contributed by atoms with Crippen LogP contribution in [0.25, 0.3) is 22.4 Å². The van der Waals surface area contributed by atoms with Crippen LogP contribution in [-0.2, 0) is 6.42 Å². The molecule has 0 spiro atoms. The van der Waals surface area contributed by atoms with Gasteiger partial charge in [0.1, 0.15) is 11.6 Å². The van der Waals surface area contributed by atoms with Gasteiger partial charge in [-0.25, -0.2) is 13.2 Å². The van der Waals surface area contributed by atoms with Gasteiger partial charge in [-0.1, -0.05) is 43.7 Å². The Balaban J connectivity index is 2.03. The maximum atomic E-state index is 14.7. The molecule has 0 atom stereocenters. The zero-order chi connectivity index (χ0) is 18.7. The fourth-order valence-electron chi connectivity index (χ4n) is 2.92. The summed E-state index contributed by atoms with van der Waals surface area (Å²) in [5, 5.41) is 0.771. The summed E-state index contributed by atoms with van der Waals surface area (Å²) in [6.07, 6.45) is 1.84. The van der Waals surface area contributed by atoms with E-state index in [4.69, 9.17) is 4.74 Å². The molecule has 0 aromatic heterocycles. The van der Waals surface area contributed by atoms with E-state index in [1.165, 1.54) is 31.4 Å². The predicted octanol–water partition coefficient (Wildman–Crippen LogP) is 6.70. The molecule has 0 amide bonds. The first-order chi connectivity index (χ1) is 12.5. The Labute approximate surface area is 150 Å². The molecule has 26 heavy (non-hydrogen) atoms. The lowest BCUT2D eigenvalue weighted by Crippen LogP contribution is -1.92. The fourth-order valence-corrected chi connectivity index (χ4v) is 2.92. The van der Waals surface area contributed by atoms with E-state index in [9.17, 15) is 13.2 Å². The van der Waals surface area contributed by atoms with Crippen LogP contribution >= 0.6 is 0 Å². The Kier molecular flexibility index (Phi) is 5.31. The second-order valence-electron chi connectivity index (χ2n) is 6.09. The number of fused-ring (bicyclic) bond motifs is 1. The number of benzene rings is 3. The molecule has 0 aliphatic rings. The van der Waals surface area contributed by atoms with E-state index in [0.29, 0.717) is 11.1 Å². The van der Waals surface area contributed by atoms with E-state index in [1.54, 1.807) is 30.3 Å². The summed E-state index contributed by atoms with van der Waals surface area (Å²) in [5.41, 5.74) is 0.754. The van der Waals surface area contributed by atoms with Crippen LogP contribution in [0.2, 0.25) is 0 Å².